The minimum Gasteiger partial charge on any atom is -0.271 e. The van der Waals surface area contributed by atoms with Crippen molar-refractivity contribution in [1.29, 1.82) is 0 Å². The summed E-state index contributed by atoms with van der Waals surface area (Å²) in [7, 11) is 0. The fraction of sp³-hybridized carbons (Fsp3) is 0.571. The van der Waals surface area contributed by atoms with Crippen molar-refractivity contribution in [2.24, 2.45) is 5.89 Å². The lowest BCUT2D eigenvalue weighted by Crippen LogP contribution is -2.04. The Morgan fingerprint density at radius 1 is 2.20 bits per heavy atom. The molecule has 0 aliphatic rings. The van der Waals surface area contributed by atoms with Gasteiger partial charge in [-0.05, 0) is 27.9 Å². The summed E-state index contributed by atoms with van der Waals surface area (Å²) in [5.41, 5.74) is 0. The molecular formula is C7H11BrN2. The van der Waals surface area contributed by atoms with E-state index in [0.717, 1.165) is 0 Å². The molecule has 0 saturated heterocycles. The summed E-state index contributed by atoms with van der Waals surface area (Å²) in [5, 5.41) is 3.44. The summed E-state index contributed by atoms with van der Waals surface area (Å²) in [6.07, 6.45) is -0.836. The van der Waals surface area contributed by atoms with Gasteiger partial charge in [-0.2, -0.15) is 5.10 Å². The predicted octanol–water partition coefficient (Wildman–Crippen LogP) is 2.30. The van der Waals surface area contributed by atoms with Crippen molar-refractivity contribution in [2.75, 3.05) is 0 Å². The maximum Gasteiger partial charge on any atom is 0.128 e. The Hall–Kier alpha value is -0.310. The molecule has 1 heterocycles. The molecule has 1 aromatic rings. The zero-order valence-electron chi connectivity index (χ0n) is 15.8. The number of rotatable bonds is 2. The molecule has 0 amide bonds. The average molecular weight is 214 g/mol. The smallest absolute Gasteiger partial charge is 0.128 e. The van der Waals surface area contributed by atoms with Crippen molar-refractivity contribution in [3.63, 3.8) is 0 Å². The summed E-state index contributed by atoms with van der Waals surface area (Å²) < 4.78 is 81.9. The van der Waals surface area contributed by atoms with E-state index in [2.05, 4.69) is 21.0 Å². The van der Waals surface area contributed by atoms with Gasteiger partial charge in [-0.15, -0.1) is 0 Å². The van der Waals surface area contributed by atoms with Gasteiger partial charge < -0.3 is 0 Å². The minimum atomic E-state index is -3.57. The lowest BCUT2D eigenvalue weighted by atomic mass is 10.2. The van der Waals surface area contributed by atoms with E-state index in [1.165, 1.54) is 0 Å². The number of aromatic nitrogens is 2. The molecule has 0 unspecified atom stereocenters. The third-order valence-corrected chi connectivity index (χ3v) is 1.03. The van der Waals surface area contributed by atoms with Crippen LogP contribution in [0.4, 0.5) is 0 Å². The van der Waals surface area contributed by atoms with Gasteiger partial charge in [0.25, 0.3) is 0 Å². The second-order valence-electron chi connectivity index (χ2n) is 1.43. The summed E-state index contributed by atoms with van der Waals surface area (Å²) in [6, 6.07) is -0.544. The first-order chi connectivity index (χ1) is 9.09. The maximum absolute atomic E-state index is 7.82. The molecule has 1 aromatic heterocycles. The highest BCUT2D eigenvalue weighted by Gasteiger charge is 1.96. The van der Waals surface area contributed by atoms with Gasteiger partial charge in [-0.3, -0.25) is 4.68 Å². The molecule has 0 fully saturated rings. The highest BCUT2D eigenvalue weighted by molar-refractivity contribution is 9.10. The van der Waals surface area contributed by atoms with Crippen molar-refractivity contribution < 1.29 is 15.1 Å². The second-order valence-corrected chi connectivity index (χ2v) is 2.18. The van der Waals surface area contributed by atoms with Crippen LogP contribution in [0.2, 0.25) is 0 Å². The molecule has 10 heavy (non-hydrogen) atoms. The summed E-state index contributed by atoms with van der Waals surface area (Å²) >= 11 is 2.78. The van der Waals surface area contributed by atoms with Gasteiger partial charge in [-0.1, -0.05) is 13.7 Å². The van der Waals surface area contributed by atoms with Crippen LogP contribution in [0.1, 0.15) is 28.8 Å². The van der Waals surface area contributed by atoms with Crippen molar-refractivity contribution in [3.05, 3.63) is 16.8 Å². The Morgan fingerprint density at radius 2 is 3.00 bits per heavy atom. The topological polar surface area (TPSA) is 17.8 Å². The van der Waals surface area contributed by atoms with Crippen LogP contribution in [-0.4, -0.2) is 9.78 Å². The van der Waals surface area contributed by atoms with Crippen LogP contribution in [0, 0.1) is 5.89 Å². The van der Waals surface area contributed by atoms with E-state index in [1.54, 1.807) is 0 Å². The van der Waals surface area contributed by atoms with E-state index in [1.807, 2.05) is 0 Å². The molecule has 0 aliphatic heterocycles. The van der Waals surface area contributed by atoms with Crippen LogP contribution in [0.15, 0.2) is 16.8 Å². The Balaban J connectivity index is 3.68. The molecule has 1 rings (SSSR count). The molecule has 2 nitrogen and oxygen atoms in total. The Morgan fingerprint density at radius 3 is 3.50 bits per heavy atom. The minimum absolute atomic E-state index is 0.130. The predicted molar refractivity (Wildman–Crippen MR) is 44.8 cm³/mol. The Labute approximate surface area is 84.8 Å². The van der Waals surface area contributed by atoms with Crippen LogP contribution in [0.3, 0.4) is 0 Å². The van der Waals surface area contributed by atoms with Crippen LogP contribution in [0.25, 0.3) is 0 Å². The molecule has 0 atom stereocenters. The monoisotopic (exact) mass is 213 g/mol. The number of hydrogen-bond acceptors (Lipinski definition) is 1. The highest BCUT2D eigenvalue weighted by atomic mass is 79.9. The van der Waals surface area contributed by atoms with Gasteiger partial charge in [0.15, 0.2) is 0 Å². The zero-order valence-corrected chi connectivity index (χ0v) is 6.36. The highest BCUT2D eigenvalue weighted by Crippen LogP contribution is 2.05. The van der Waals surface area contributed by atoms with Gasteiger partial charge >= 0.3 is 0 Å². The normalized spacial score (nSPS) is 31.9. The van der Waals surface area contributed by atoms with Crippen LogP contribution in [0.5, 0.6) is 0 Å². The zero-order chi connectivity index (χ0) is 17.0. The van der Waals surface area contributed by atoms with Crippen molar-refractivity contribution in [3.8, 4) is 0 Å². The molecule has 0 saturated carbocycles. The van der Waals surface area contributed by atoms with Crippen molar-refractivity contribution >= 4 is 15.9 Å². The first kappa shape index (κ1) is 1.71. The first-order valence-electron chi connectivity index (χ1n) is 7.81. The third-order valence-electron chi connectivity index (χ3n) is 0.670. The molecule has 56 valence electrons. The molecule has 0 N–H and O–H groups in total. The van der Waals surface area contributed by atoms with Gasteiger partial charge in [0.05, 0.1) is 5.48 Å². The van der Waals surface area contributed by atoms with Crippen LogP contribution < -0.4 is 0 Å². The molecule has 0 spiro atoms. The van der Waals surface area contributed by atoms with Crippen molar-refractivity contribution in [1.82, 2.24) is 9.78 Å². The van der Waals surface area contributed by atoms with Gasteiger partial charge in [-0.25, -0.2) is 0 Å². The van der Waals surface area contributed by atoms with E-state index < -0.39 is 38.3 Å². The number of hydrogen-bond donors (Lipinski definition) is 0. The lowest BCUT2D eigenvalue weighted by Gasteiger charge is -2.02. The molecule has 0 radical (unpaired) electrons. The number of nitrogens with zero attached hydrogens (tertiary/aromatic N) is 2. The molecule has 0 aromatic carbocycles. The van der Waals surface area contributed by atoms with Gasteiger partial charge in [0, 0.05) is 22.3 Å². The lowest BCUT2D eigenvalue weighted by molar-refractivity contribution is 0.481. The largest absolute Gasteiger partial charge is 0.271 e. The summed E-state index contributed by atoms with van der Waals surface area (Å²) in [5.74, 6) is -3.57. The molecule has 0 bridgehead atoms. The summed E-state index contributed by atoms with van der Waals surface area (Å²) in [6.45, 7) is -10.4. The molecule has 0 aliphatic carbocycles. The van der Waals surface area contributed by atoms with Crippen molar-refractivity contribution in [2.45, 2.75) is 20.2 Å². The van der Waals surface area contributed by atoms with Gasteiger partial charge in [0.2, 0.25) is 0 Å². The quantitative estimate of drug-likeness (QED) is 0.738. The number of halogens is 1. The second kappa shape index (κ2) is 3.19. The SMILES string of the molecule is [2H]c1c(Br)nn(C([2H])([2H])C([2H])(C([2H])([2H])[2H])C([2H])([2H])[2H])c1[2H]. The third kappa shape index (κ3) is 2.14. The Kier molecular flexibility index (Phi) is 0.545. The van der Waals surface area contributed by atoms with E-state index in [-0.39, 0.29) is 9.28 Å². The van der Waals surface area contributed by atoms with E-state index in [0.29, 0.717) is 0 Å². The van der Waals surface area contributed by atoms with E-state index in [9.17, 15) is 0 Å². The maximum atomic E-state index is 7.82. The van der Waals surface area contributed by atoms with Gasteiger partial charge in [0.1, 0.15) is 4.60 Å². The Bertz CT molecular complexity index is 528. The average Bonchev–Trinajstić information content (AvgIpc) is 2.53. The van der Waals surface area contributed by atoms with E-state index >= 15 is 0 Å². The van der Waals surface area contributed by atoms with Crippen LogP contribution in [-0.2, 0) is 6.50 Å². The van der Waals surface area contributed by atoms with E-state index in [4.69, 9.17) is 15.1 Å². The van der Waals surface area contributed by atoms with Crippen LogP contribution >= 0.6 is 15.9 Å². The fourth-order valence-corrected chi connectivity index (χ4v) is 0.643. The fourth-order valence-electron chi connectivity index (χ4n) is 0.396. The summed E-state index contributed by atoms with van der Waals surface area (Å²) in [4.78, 5) is 0. The molecular weight excluding hydrogens is 192 g/mol. The standard InChI is InChI=1S/C7H11BrN2/c1-6(2)5-10-4-3-7(8)9-10/h3-4,6H,5H2,1-2H3/i1D3,2D3,3D,4D,5D2,6D. The first-order valence-corrected chi connectivity index (χ1v) is 3.10. The molecule has 3 heteroatoms.